The summed E-state index contributed by atoms with van der Waals surface area (Å²) in [6.07, 6.45) is 7.36. The molecular weight excluding hydrogens is 263 g/mol. The second-order valence-electron chi connectivity index (χ2n) is 6.72. The van der Waals surface area contributed by atoms with Gasteiger partial charge in [-0.05, 0) is 45.2 Å². The Kier molecular flexibility index (Phi) is 4.60. The number of nitrogens with one attached hydrogen (secondary N) is 1. The third-order valence-corrected chi connectivity index (χ3v) is 5.47. The third-order valence-electron chi connectivity index (χ3n) is 5.47. The Balaban J connectivity index is 1.69. The smallest absolute Gasteiger partial charge is 0.127 e. The molecule has 0 aliphatic carbocycles. The molecule has 2 bridgehead atoms. The van der Waals surface area contributed by atoms with Crippen molar-refractivity contribution in [3.05, 3.63) is 35.6 Å². The Hall–Kier alpha value is -0.930. The molecule has 0 amide bonds. The zero-order valence-electron chi connectivity index (χ0n) is 13.2. The van der Waals surface area contributed by atoms with Gasteiger partial charge in [-0.3, -0.25) is 0 Å². The van der Waals surface area contributed by atoms with Crippen LogP contribution >= 0.6 is 0 Å². The second kappa shape index (κ2) is 6.45. The highest BCUT2D eigenvalue weighted by atomic mass is 19.1. The van der Waals surface area contributed by atoms with Crippen LogP contribution in [0.5, 0.6) is 0 Å². The lowest BCUT2D eigenvalue weighted by Gasteiger charge is -2.48. The first kappa shape index (κ1) is 15.0. The van der Waals surface area contributed by atoms with Crippen molar-refractivity contribution in [3.63, 3.8) is 0 Å². The largest absolute Gasteiger partial charge is 0.307 e. The van der Waals surface area contributed by atoms with Gasteiger partial charge >= 0.3 is 0 Å². The van der Waals surface area contributed by atoms with Gasteiger partial charge in [-0.2, -0.15) is 0 Å². The number of fused-ring (bicyclic) bond motifs is 2. The molecule has 3 atom stereocenters. The molecule has 0 aromatic heterocycles. The monoisotopic (exact) mass is 290 g/mol. The minimum Gasteiger partial charge on any atom is -0.307 e. The van der Waals surface area contributed by atoms with Crippen molar-refractivity contribution in [1.82, 2.24) is 10.2 Å². The van der Waals surface area contributed by atoms with E-state index < -0.39 is 0 Å². The molecule has 3 unspecified atom stereocenters. The molecule has 0 spiro atoms. The fraction of sp³-hybridized carbons (Fsp3) is 0.667. The number of nitrogens with zero attached hydrogens (tertiary/aromatic N) is 1. The van der Waals surface area contributed by atoms with Crippen LogP contribution in [0.3, 0.4) is 0 Å². The van der Waals surface area contributed by atoms with Crippen molar-refractivity contribution >= 4 is 0 Å². The predicted molar refractivity (Wildman–Crippen MR) is 84.8 cm³/mol. The second-order valence-corrected chi connectivity index (χ2v) is 6.72. The van der Waals surface area contributed by atoms with Crippen LogP contribution in [0, 0.1) is 5.82 Å². The summed E-state index contributed by atoms with van der Waals surface area (Å²) in [6.45, 7) is 2.14. The molecule has 2 fully saturated rings. The van der Waals surface area contributed by atoms with Crippen molar-refractivity contribution in [2.45, 2.75) is 69.6 Å². The van der Waals surface area contributed by atoms with Crippen LogP contribution in [0.25, 0.3) is 0 Å². The van der Waals surface area contributed by atoms with Gasteiger partial charge in [0.25, 0.3) is 0 Å². The number of piperidine rings is 2. The van der Waals surface area contributed by atoms with E-state index >= 15 is 0 Å². The van der Waals surface area contributed by atoms with E-state index in [1.54, 1.807) is 12.1 Å². The van der Waals surface area contributed by atoms with Crippen LogP contribution in [0.4, 0.5) is 4.39 Å². The number of hydrogen-bond acceptors (Lipinski definition) is 2. The summed E-state index contributed by atoms with van der Waals surface area (Å²) in [5, 5.41) is 3.75. The van der Waals surface area contributed by atoms with Gasteiger partial charge in [0.05, 0.1) is 0 Å². The third kappa shape index (κ3) is 3.14. The summed E-state index contributed by atoms with van der Waals surface area (Å²) >= 11 is 0. The summed E-state index contributed by atoms with van der Waals surface area (Å²) in [5.74, 6) is -0.0787. The van der Waals surface area contributed by atoms with Gasteiger partial charge in [0, 0.05) is 29.7 Å². The molecule has 3 rings (SSSR count). The minimum atomic E-state index is -0.0787. The Labute approximate surface area is 127 Å². The lowest BCUT2D eigenvalue weighted by atomic mass is 9.82. The lowest BCUT2D eigenvalue weighted by molar-refractivity contribution is 0.0455. The average molecular weight is 290 g/mol. The number of benzene rings is 1. The van der Waals surface area contributed by atoms with Crippen LogP contribution in [-0.2, 0) is 0 Å². The van der Waals surface area contributed by atoms with Crippen LogP contribution in [0.2, 0.25) is 0 Å². The van der Waals surface area contributed by atoms with Gasteiger partial charge < -0.3 is 10.2 Å². The van der Waals surface area contributed by atoms with Gasteiger partial charge in [0.2, 0.25) is 0 Å². The SMILES string of the molecule is CCC(NC1CC2CCCC(C1)N2C)c1ccccc1F. The van der Waals surface area contributed by atoms with Crippen LogP contribution in [0.1, 0.15) is 57.1 Å². The van der Waals surface area contributed by atoms with Gasteiger partial charge in [0.1, 0.15) is 5.82 Å². The quantitative estimate of drug-likeness (QED) is 0.905. The van der Waals surface area contributed by atoms with Crippen molar-refractivity contribution in [1.29, 1.82) is 0 Å². The lowest BCUT2D eigenvalue weighted by Crippen LogP contribution is -2.54. The van der Waals surface area contributed by atoms with E-state index in [9.17, 15) is 4.39 Å². The molecule has 0 radical (unpaired) electrons. The maximum absolute atomic E-state index is 14.0. The zero-order valence-corrected chi connectivity index (χ0v) is 13.2. The van der Waals surface area contributed by atoms with Gasteiger partial charge in [-0.25, -0.2) is 4.39 Å². The number of hydrogen-bond donors (Lipinski definition) is 1. The molecule has 1 aromatic carbocycles. The average Bonchev–Trinajstić information content (AvgIpc) is 2.46. The number of rotatable bonds is 4. The Morgan fingerprint density at radius 3 is 2.52 bits per heavy atom. The molecule has 1 aromatic rings. The van der Waals surface area contributed by atoms with Crippen molar-refractivity contribution in [3.8, 4) is 0 Å². The van der Waals surface area contributed by atoms with E-state index in [0.717, 1.165) is 12.0 Å². The molecule has 2 aliphatic rings. The van der Waals surface area contributed by atoms with Gasteiger partial charge in [-0.1, -0.05) is 31.5 Å². The van der Waals surface area contributed by atoms with Crippen molar-refractivity contribution < 1.29 is 4.39 Å². The standard InChI is InChI=1S/C18H27FN2/c1-3-18(16-9-4-5-10-17(16)19)20-13-11-14-7-6-8-15(12-13)21(14)2/h4-5,9-10,13-15,18,20H,3,6-8,11-12H2,1-2H3. The zero-order chi connectivity index (χ0) is 14.8. The molecule has 2 saturated heterocycles. The van der Waals surface area contributed by atoms with Crippen LogP contribution < -0.4 is 5.32 Å². The van der Waals surface area contributed by atoms with Crippen molar-refractivity contribution in [2.24, 2.45) is 0 Å². The predicted octanol–water partition coefficient (Wildman–Crippen LogP) is 3.88. The first-order valence-electron chi connectivity index (χ1n) is 8.41. The summed E-state index contributed by atoms with van der Waals surface area (Å²) < 4.78 is 14.0. The Morgan fingerprint density at radius 1 is 1.24 bits per heavy atom. The maximum Gasteiger partial charge on any atom is 0.127 e. The first-order chi connectivity index (χ1) is 10.2. The molecule has 0 saturated carbocycles. The van der Waals surface area contributed by atoms with E-state index in [0.29, 0.717) is 18.1 Å². The molecule has 2 heterocycles. The summed E-state index contributed by atoms with van der Waals surface area (Å²) in [4.78, 5) is 2.58. The van der Waals surface area contributed by atoms with Gasteiger partial charge in [-0.15, -0.1) is 0 Å². The fourth-order valence-corrected chi connectivity index (χ4v) is 4.22. The number of halogens is 1. The first-order valence-corrected chi connectivity index (χ1v) is 8.41. The highest BCUT2D eigenvalue weighted by molar-refractivity contribution is 5.21. The van der Waals surface area contributed by atoms with Gasteiger partial charge in [0.15, 0.2) is 0 Å². The molecule has 2 aliphatic heterocycles. The summed E-state index contributed by atoms with van der Waals surface area (Å²) in [7, 11) is 2.28. The van der Waals surface area contributed by atoms with E-state index in [1.165, 1.54) is 32.1 Å². The molecule has 3 heteroatoms. The van der Waals surface area contributed by atoms with Crippen molar-refractivity contribution in [2.75, 3.05) is 7.05 Å². The highest BCUT2D eigenvalue weighted by Crippen LogP contribution is 2.34. The normalized spacial score (nSPS) is 31.1. The molecule has 2 nitrogen and oxygen atoms in total. The fourth-order valence-electron chi connectivity index (χ4n) is 4.22. The topological polar surface area (TPSA) is 15.3 Å². The van der Waals surface area contributed by atoms with Crippen LogP contribution in [-0.4, -0.2) is 30.1 Å². The van der Waals surface area contributed by atoms with E-state index in [-0.39, 0.29) is 11.9 Å². The highest BCUT2D eigenvalue weighted by Gasteiger charge is 2.36. The molecule has 1 N–H and O–H groups in total. The van der Waals surface area contributed by atoms with E-state index in [1.807, 2.05) is 12.1 Å². The van der Waals surface area contributed by atoms with E-state index in [2.05, 4.69) is 24.2 Å². The minimum absolute atomic E-state index is 0.0787. The molecule has 21 heavy (non-hydrogen) atoms. The maximum atomic E-state index is 14.0. The summed E-state index contributed by atoms with van der Waals surface area (Å²) in [5.41, 5.74) is 0.823. The molecule has 116 valence electrons. The molecular formula is C18H27FN2. The van der Waals surface area contributed by atoms with Crippen LogP contribution in [0.15, 0.2) is 24.3 Å². The Bertz CT molecular complexity index is 462. The Morgan fingerprint density at radius 2 is 1.90 bits per heavy atom. The summed E-state index contributed by atoms with van der Waals surface area (Å²) in [6, 6.07) is 9.30. The van der Waals surface area contributed by atoms with E-state index in [4.69, 9.17) is 0 Å².